The molecule has 2 aromatic rings. The standard InChI is InChI=1S/C12H16N6O/c1-3-13-10-7-5-4-6-9(10)12(19)14-8(2)11-15-17-18-16-11/h4-8,13H,3H2,1-2H3,(H,14,19)(H,15,16,17,18). The molecule has 0 aliphatic heterocycles. The van der Waals surface area contributed by atoms with Gasteiger partial charge in [0.05, 0.1) is 11.6 Å². The lowest BCUT2D eigenvalue weighted by atomic mass is 10.1. The van der Waals surface area contributed by atoms with Gasteiger partial charge in [-0.1, -0.05) is 17.3 Å². The predicted molar refractivity (Wildman–Crippen MR) is 70.7 cm³/mol. The Morgan fingerprint density at radius 3 is 2.89 bits per heavy atom. The van der Waals surface area contributed by atoms with Gasteiger partial charge in [0.2, 0.25) is 0 Å². The molecule has 3 N–H and O–H groups in total. The van der Waals surface area contributed by atoms with Crippen LogP contribution in [-0.4, -0.2) is 33.1 Å². The average Bonchev–Trinajstić information content (AvgIpc) is 2.93. The molecule has 0 bridgehead atoms. The normalized spacial score (nSPS) is 11.9. The first-order chi connectivity index (χ1) is 9.22. The summed E-state index contributed by atoms with van der Waals surface area (Å²) < 4.78 is 0. The second-order valence-corrected chi connectivity index (χ2v) is 4.04. The number of carbonyl (C=O) groups is 1. The summed E-state index contributed by atoms with van der Waals surface area (Å²) in [5.41, 5.74) is 1.41. The topological polar surface area (TPSA) is 95.6 Å². The monoisotopic (exact) mass is 260 g/mol. The molecule has 0 saturated heterocycles. The van der Waals surface area contributed by atoms with Gasteiger partial charge in [0.1, 0.15) is 0 Å². The zero-order valence-electron chi connectivity index (χ0n) is 10.8. The van der Waals surface area contributed by atoms with Crippen LogP contribution in [0.5, 0.6) is 0 Å². The molecule has 1 aromatic heterocycles. The Bertz CT molecular complexity index is 539. The number of anilines is 1. The number of tetrazole rings is 1. The smallest absolute Gasteiger partial charge is 0.253 e. The number of amides is 1. The van der Waals surface area contributed by atoms with Gasteiger partial charge in [-0.25, -0.2) is 0 Å². The highest BCUT2D eigenvalue weighted by molar-refractivity contribution is 5.99. The SMILES string of the molecule is CCNc1ccccc1C(=O)NC(C)c1nn[nH]n1. The molecule has 1 unspecified atom stereocenters. The Kier molecular flexibility index (Phi) is 4.07. The molecule has 19 heavy (non-hydrogen) atoms. The Hall–Kier alpha value is -2.44. The van der Waals surface area contributed by atoms with Crippen LogP contribution in [0.4, 0.5) is 5.69 Å². The van der Waals surface area contributed by atoms with E-state index < -0.39 is 0 Å². The van der Waals surface area contributed by atoms with E-state index in [-0.39, 0.29) is 11.9 Å². The lowest BCUT2D eigenvalue weighted by Gasteiger charge is -2.13. The molecule has 0 aliphatic carbocycles. The van der Waals surface area contributed by atoms with E-state index in [9.17, 15) is 4.79 Å². The maximum Gasteiger partial charge on any atom is 0.253 e. The highest BCUT2D eigenvalue weighted by Crippen LogP contribution is 2.16. The Balaban J connectivity index is 2.11. The summed E-state index contributed by atoms with van der Waals surface area (Å²) in [4.78, 5) is 12.2. The van der Waals surface area contributed by atoms with Crippen LogP contribution >= 0.6 is 0 Å². The molecule has 7 heteroatoms. The highest BCUT2D eigenvalue weighted by atomic mass is 16.1. The third-order valence-corrected chi connectivity index (χ3v) is 2.64. The Morgan fingerprint density at radius 2 is 2.21 bits per heavy atom. The zero-order chi connectivity index (χ0) is 13.7. The molecule has 1 atom stereocenters. The summed E-state index contributed by atoms with van der Waals surface area (Å²) in [6.45, 7) is 4.54. The molecule has 0 spiro atoms. The van der Waals surface area contributed by atoms with Gasteiger partial charge in [0, 0.05) is 12.2 Å². The summed E-state index contributed by atoms with van der Waals surface area (Å²) in [6, 6.07) is 7.06. The van der Waals surface area contributed by atoms with Crippen molar-refractivity contribution in [3.63, 3.8) is 0 Å². The Morgan fingerprint density at radius 1 is 1.42 bits per heavy atom. The van der Waals surface area contributed by atoms with E-state index in [4.69, 9.17) is 0 Å². The molecule has 100 valence electrons. The van der Waals surface area contributed by atoms with Crippen molar-refractivity contribution in [2.45, 2.75) is 19.9 Å². The molecule has 2 rings (SSSR count). The van der Waals surface area contributed by atoms with Crippen molar-refractivity contribution in [1.29, 1.82) is 0 Å². The maximum atomic E-state index is 12.2. The molecular weight excluding hydrogens is 244 g/mol. The number of rotatable bonds is 5. The summed E-state index contributed by atoms with van der Waals surface area (Å²) in [6.07, 6.45) is 0. The molecular formula is C12H16N6O. The minimum absolute atomic E-state index is 0.172. The third kappa shape index (κ3) is 3.06. The van der Waals surface area contributed by atoms with Gasteiger partial charge in [-0.2, -0.15) is 5.21 Å². The minimum Gasteiger partial charge on any atom is -0.385 e. The van der Waals surface area contributed by atoms with Crippen LogP contribution in [0.25, 0.3) is 0 Å². The summed E-state index contributed by atoms with van der Waals surface area (Å²) >= 11 is 0. The predicted octanol–water partition coefficient (Wildman–Crippen LogP) is 1.12. The van der Waals surface area contributed by atoms with E-state index >= 15 is 0 Å². The van der Waals surface area contributed by atoms with Crippen molar-refractivity contribution in [2.75, 3.05) is 11.9 Å². The summed E-state index contributed by atoms with van der Waals surface area (Å²) in [5.74, 6) is 0.281. The fraction of sp³-hybridized carbons (Fsp3) is 0.333. The molecule has 0 aliphatic rings. The number of H-pyrrole nitrogens is 1. The van der Waals surface area contributed by atoms with Gasteiger partial charge >= 0.3 is 0 Å². The van der Waals surface area contributed by atoms with Crippen LogP contribution in [0.3, 0.4) is 0 Å². The van der Waals surface area contributed by atoms with Gasteiger partial charge in [-0.3, -0.25) is 4.79 Å². The lowest BCUT2D eigenvalue weighted by molar-refractivity contribution is 0.0939. The molecule has 1 heterocycles. The lowest BCUT2D eigenvalue weighted by Crippen LogP contribution is -2.28. The summed E-state index contributed by atoms with van der Waals surface area (Å²) in [7, 11) is 0. The number of carbonyl (C=O) groups excluding carboxylic acids is 1. The fourth-order valence-electron chi connectivity index (χ4n) is 1.72. The molecule has 0 fully saturated rings. The van der Waals surface area contributed by atoms with Crippen molar-refractivity contribution < 1.29 is 4.79 Å². The number of aromatic nitrogens is 4. The molecule has 1 aromatic carbocycles. The number of hydrogen-bond acceptors (Lipinski definition) is 5. The first kappa shape index (κ1) is 13.0. The summed E-state index contributed by atoms with van der Waals surface area (Å²) in [5, 5.41) is 19.5. The van der Waals surface area contributed by atoms with Crippen molar-refractivity contribution >= 4 is 11.6 Å². The zero-order valence-corrected chi connectivity index (χ0v) is 10.8. The van der Waals surface area contributed by atoms with Gasteiger partial charge < -0.3 is 10.6 Å². The van der Waals surface area contributed by atoms with E-state index in [1.165, 1.54) is 0 Å². The van der Waals surface area contributed by atoms with Crippen LogP contribution in [0.2, 0.25) is 0 Å². The largest absolute Gasteiger partial charge is 0.385 e. The van der Waals surface area contributed by atoms with Crippen molar-refractivity contribution in [2.24, 2.45) is 0 Å². The average molecular weight is 260 g/mol. The fourth-order valence-corrected chi connectivity index (χ4v) is 1.72. The van der Waals surface area contributed by atoms with Crippen molar-refractivity contribution in [3.8, 4) is 0 Å². The van der Waals surface area contributed by atoms with E-state index in [0.717, 1.165) is 12.2 Å². The minimum atomic E-state index is -0.305. The number of benzene rings is 1. The van der Waals surface area contributed by atoms with Crippen LogP contribution in [0.1, 0.15) is 36.1 Å². The number of nitrogens with zero attached hydrogens (tertiary/aromatic N) is 3. The second-order valence-electron chi connectivity index (χ2n) is 4.04. The number of aromatic amines is 1. The van der Waals surface area contributed by atoms with E-state index in [1.54, 1.807) is 13.0 Å². The van der Waals surface area contributed by atoms with Gasteiger partial charge in [0.25, 0.3) is 5.91 Å². The molecule has 0 radical (unpaired) electrons. The first-order valence-corrected chi connectivity index (χ1v) is 6.09. The van der Waals surface area contributed by atoms with E-state index in [1.807, 2.05) is 25.1 Å². The number of hydrogen-bond donors (Lipinski definition) is 3. The highest BCUT2D eigenvalue weighted by Gasteiger charge is 2.16. The second kappa shape index (κ2) is 5.94. The third-order valence-electron chi connectivity index (χ3n) is 2.64. The van der Waals surface area contributed by atoms with Crippen molar-refractivity contribution in [1.82, 2.24) is 25.9 Å². The van der Waals surface area contributed by atoms with E-state index in [0.29, 0.717) is 11.4 Å². The molecule has 7 nitrogen and oxygen atoms in total. The van der Waals surface area contributed by atoms with E-state index in [2.05, 4.69) is 31.3 Å². The first-order valence-electron chi connectivity index (χ1n) is 6.09. The number of nitrogens with one attached hydrogen (secondary N) is 3. The molecule has 0 saturated carbocycles. The Labute approximate surface area is 110 Å². The maximum absolute atomic E-state index is 12.2. The van der Waals surface area contributed by atoms with Crippen LogP contribution < -0.4 is 10.6 Å². The quantitative estimate of drug-likeness (QED) is 0.748. The van der Waals surface area contributed by atoms with Crippen LogP contribution in [-0.2, 0) is 0 Å². The van der Waals surface area contributed by atoms with Gasteiger partial charge in [-0.15, -0.1) is 10.2 Å². The molecule has 1 amide bonds. The van der Waals surface area contributed by atoms with Gasteiger partial charge in [0.15, 0.2) is 5.82 Å². The van der Waals surface area contributed by atoms with Crippen LogP contribution in [0, 0.1) is 0 Å². The van der Waals surface area contributed by atoms with Crippen molar-refractivity contribution in [3.05, 3.63) is 35.7 Å². The van der Waals surface area contributed by atoms with Gasteiger partial charge in [-0.05, 0) is 26.0 Å². The number of para-hydroxylation sites is 1. The van der Waals surface area contributed by atoms with Crippen LogP contribution in [0.15, 0.2) is 24.3 Å².